The lowest BCUT2D eigenvalue weighted by atomic mass is 10.2. The van der Waals surface area contributed by atoms with Crippen LogP contribution in [0.4, 0.5) is 17.2 Å². The lowest BCUT2D eigenvalue weighted by molar-refractivity contribution is 0.102. The standard InChI is InChI=1S/C20H17ClN4O3/c1-12-2-3-13(10-15(12)21)23-20(26)16-5-7-19(25-24-16)22-14-4-6-17-18(11-14)28-9-8-27-17/h2-7,10-11H,8-9H2,1H3,(H,22,25)(H,23,26). The Kier molecular flexibility index (Phi) is 4.99. The van der Waals surface area contributed by atoms with Crippen molar-refractivity contribution in [2.75, 3.05) is 23.8 Å². The van der Waals surface area contributed by atoms with Gasteiger partial charge in [0, 0.05) is 22.5 Å². The number of benzene rings is 2. The van der Waals surface area contributed by atoms with Gasteiger partial charge in [-0.25, -0.2) is 0 Å². The second kappa shape index (κ2) is 7.74. The van der Waals surface area contributed by atoms with Crippen LogP contribution in [0, 0.1) is 6.92 Å². The molecule has 2 aromatic carbocycles. The number of aromatic nitrogens is 2. The van der Waals surface area contributed by atoms with Gasteiger partial charge in [0.15, 0.2) is 23.0 Å². The Morgan fingerprint density at radius 1 is 0.964 bits per heavy atom. The van der Waals surface area contributed by atoms with E-state index in [1.54, 1.807) is 24.3 Å². The minimum atomic E-state index is -0.363. The van der Waals surface area contributed by atoms with Crippen molar-refractivity contribution in [3.63, 3.8) is 0 Å². The summed E-state index contributed by atoms with van der Waals surface area (Å²) < 4.78 is 11.1. The minimum Gasteiger partial charge on any atom is -0.486 e. The first kappa shape index (κ1) is 18.1. The van der Waals surface area contributed by atoms with Gasteiger partial charge in [0.05, 0.1) is 0 Å². The largest absolute Gasteiger partial charge is 0.486 e. The summed E-state index contributed by atoms with van der Waals surface area (Å²) >= 11 is 6.08. The quantitative estimate of drug-likeness (QED) is 0.687. The number of fused-ring (bicyclic) bond motifs is 1. The number of carbonyl (C=O) groups excluding carboxylic acids is 1. The molecule has 1 aliphatic rings. The summed E-state index contributed by atoms with van der Waals surface area (Å²) in [5.41, 5.74) is 2.52. The molecule has 0 radical (unpaired) electrons. The van der Waals surface area contributed by atoms with Crippen molar-refractivity contribution >= 4 is 34.7 Å². The van der Waals surface area contributed by atoms with Gasteiger partial charge in [-0.1, -0.05) is 17.7 Å². The molecule has 4 rings (SSSR count). The fourth-order valence-electron chi connectivity index (χ4n) is 2.65. The Balaban J connectivity index is 1.43. The third-order valence-electron chi connectivity index (χ3n) is 4.14. The normalized spacial score (nSPS) is 12.4. The maximum Gasteiger partial charge on any atom is 0.276 e. The number of halogens is 1. The molecular formula is C20H17ClN4O3. The lowest BCUT2D eigenvalue weighted by Gasteiger charge is -2.19. The van der Waals surface area contributed by atoms with E-state index in [9.17, 15) is 4.79 Å². The predicted molar refractivity (Wildman–Crippen MR) is 107 cm³/mol. The Labute approximate surface area is 166 Å². The van der Waals surface area contributed by atoms with Gasteiger partial charge in [-0.3, -0.25) is 4.79 Å². The fraction of sp³-hybridized carbons (Fsp3) is 0.150. The third kappa shape index (κ3) is 3.99. The number of ether oxygens (including phenoxy) is 2. The Morgan fingerprint density at radius 3 is 2.50 bits per heavy atom. The van der Waals surface area contributed by atoms with E-state index in [4.69, 9.17) is 21.1 Å². The van der Waals surface area contributed by atoms with Crippen LogP contribution in [0.25, 0.3) is 0 Å². The summed E-state index contributed by atoms with van der Waals surface area (Å²) in [4.78, 5) is 12.3. The Morgan fingerprint density at radius 2 is 1.75 bits per heavy atom. The van der Waals surface area contributed by atoms with E-state index < -0.39 is 0 Å². The smallest absolute Gasteiger partial charge is 0.276 e. The molecule has 2 heterocycles. The summed E-state index contributed by atoms with van der Waals surface area (Å²) in [5.74, 6) is 1.54. The highest BCUT2D eigenvalue weighted by Gasteiger charge is 2.13. The number of carbonyl (C=O) groups is 1. The van der Waals surface area contributed by atoms with Crippen molar-refractivity contribution in [2.45, 2.75) is 6.92 Å². The molecule has 0 saturated carbocycles. The molecule has 142 valence electrons. The number of hydrogen-bond acceptors (Lipinski definition) is 6. The van der Waals surface area contributed by atoms with E-state index in [0.29, 0.717) is 41.2 Å². The zero-order valence-electron chi connectivity index (χ0n) is 15.0. The van der Waals surface area contributed by atoms with Crippen LogP contribution in [0.15, 0.2) is 48.5 Å². The zero-order valence-corrected chi connectivity index (χ0v) is 15.8. The molecule has 0 bridgehead atoms. The summed E-state index contributed by atoms with van der Waals surface area (Å²) in [6.45, 7) is 2.96. The van der Waals surface area contributed by atoms with Gasteiger partial charge in [-0.15, -0.1) is 10.2 Å². The Bertz CT molecular complexity index is 1020. The van der Waals surface area contributed by atoms with Crippen molar-refractivity contribution in [1.29, 1.82) is 0 Å². The number of nitrogens with zero attached hydrogens (tertiary/aromatic N) is 2. The van der Waals surface area contributed by atoms with Crippen LogP contribution in [0.1, 0.15) is 16.1 Å². The molecule has 0 aliphatic carbocycles. The van der Waals surface area contributed by atoms with Crippen molar-refractivity contribution in [3.8, 4) is 11.5 Å². The van der Waals surface area contributed by atoms with Crippen molar-refractivity contribution in [3.05, 3.63) is 64.8 Å². The first-order valence-corrected chi connectivity index (χ1v) is 9.04. The van der Waals surface area contributed by atoms with Crippen LogP contribution in [0.5, 0.6) is 11.5 Å². The Hall–Kier alpha value is -3.32. The average molecular weight is 397 g/mol. The number of anilines is 3. The van der Waals surface area contributed by atoms with Gasteiger partial charge >= 0.3 is 0 Å². The van der Waals surface area contributed by atoms with Crippen LogP contribution in [-0.4, -0.2) is 29.3 Å². The predicted octanol–water partition coefficient (Wildman–Crippen LogP) is 4.21. The summed E-state index contributed by atoms with van der Waals surface area (Å²) in [6.07, 6.45) is 0. The molecule has 0 unspecified atom stereocenters. The first-order valence-electron chi connectivity index (χ1n) is 8.66. The molecular weight excluding hydrogens is 380 g/mol. The number of rotatable bonds is 4. The molecule has 8 heteroatoms. The molecule has 0 saturated heterocycles. The SMILES string of the molecule is Cc1ccc(NC(=O)c2ccc(Nc3ccc4c(c3)OCCO4)nn2)cc1Cl. The van der Waals surface area contributed by atoms with Gasteiger partial charge in [0.25, 0.3) is 5.91 Å². The molecule has 0 spiro atoms. The monoisotopic (exact) mass is 396 g/mol. The maximum atomic E-state index is 12.3. The van der Waals surface area contributed by atoms with Gasteiger partial charge in [-0.2, -0.15) is 0 Å². The van der Waals surface area contributed by atoms with Crippen LogP contribution < -0.4 is 20.1 Å². The van der Waals surface area contributed by atoms with E-state index in [1.807, 2.05) is 31.2 Å². The molecule has 28 heavy (non-hydrogen) atoms. The highest BCUT2D eigenvalue weighted by Crippen LogP contribution is 2.33. The van der Waals surface area contributed by atoms with Crippen LogP contribution in [0.2, 0.25) is 5.02 Å². The van der Waals surface area contributed by atoms with Crippen molar-refractivity contribution in [2.24, 2.45) is 0 Å². The van der Waals surface area contributed by atoms with E-state index in [0.717, 1.165) is 11.3 Å². The average Bonchev–Trinajstić information content (AvgIpc) is 2.71. The highest BCUT2D eigenvalue weighted by molar-refractivity contribution is 6.31. The third-order valence-corrected chi connectivity index (χ3v) is 4.55. The van der Waals surface area contributed by atoms with Gasteiger partial charge in [-0.05, 0) is 48.9 Å². The van der Waals surface area contributed by atoms with Crippen LogP contribution >= 0.6 is 11.6 Å². The van der Waals surface area contributed by atoms with Crippen molar-refractivity contribution in [1.82, 2.24) is 10.2 Å². The molecule has 2 N–H and O–H groups in total. The number of nitrogens with one attached hydrogen (secondary N) is 2. The number of amides is 1. The topological polar surface area (TPSA) is 85.4 Å². The van der Waals surface area contributed by atoms with Gasteiger partial charge < -0.3 is 20.1 Å². The van der Waals surface area contributed by atoms with E-state index in [2.05, 4.69) is 20.8 Å². The van der Waals surface area contributed by atoms with Crippen LogP contribution in [-0.2, 0) is 0 Å². The van der Waals surface area contributed by atoms with Gasteiger partial charge in [0.1, 0.15) is 13.2 Å². The molecule has 1 amide bonds. The van der Waals surface area contributed by atoms with Gasteiger partial charge in [0.2, 0.25) is 0 Å². The van der Waals surface area contributed by atoms with E-state index in [-0.39, 0.29) is 11.6 Å². The molecule has 1 aromatic heterocycles. The summed E-state index contributed by atoms with van der Waals surface area (Å²) in [7, 11) is 0. The second-order valence-corrected chi connectivity index (χ2v) is 6.61. The molecule has 3 aromatic rings. The second-order valence-electron chi connectivity index (χ2n) is 6.21. The first-order chi connectivity index (χ1) is 13.6. The minimum absolute atomic E-state index is 0.199. The highest BCUT2D eigenvalue weighted by atomic mass is 35.5. The molecule has 1 aliphatic heterocycles. The van der Waals surface area contributed by atoms with E-state index in [1.165, 1.54) is 0 Å². The lowest BCUT2D eigenvalue weighted by Crippen LogP contribution is -2.15. The van der Waals surface area contributed by atoms with E-state index >= 15 is 0 Å². The summed E-state index contributed by atoms with van der Waals surface area (Å²) in [6, 6.07) is 14.1. The fourth-order valence-corrected chi connectivity index (χ4v) is 2.84. The number of aryl methyl sites for hydroxylation is 1. The van der Waals surface area contributed by atoms with Crippen LogP contribution in [0.3, 0.4) is 0 Å². The zero-order chi connectivity index (χ0) is 19.5. The molecule has 7 nitrogen and oxygen atoms in total. The maximum absolute atomic E-state index is 12.3. The molecule has 0 atom stereocenters. The summed E-state index contributed by atoms with van der Waals surface area (Å²) in [5, 5.41) is 14.5. The number of hydrogen-bond donors (Lipinski definition) is 2. The molecule has 0 fully saturated rings. The van der Waals surface area contributed by atoms with Crippen molar-refractivity contribution < 1.29 is 14.3 Å².